The van der Waals surface area contributed by atoms with Crippen molar-refractivity contribution in [1.82, 2.24) is 0 Å². The first-order chi connectivity index (χ1) is 31.6. The second-order valence-corrected chi connectivity index (χ2v) is 22.8. The molecule has 2 aromatic carbocycles. The molecule has 69 heavy (non-hydrogen) atoms. The Labute approximate surface area is 402 Å². The van der Waals surface area contributed by atoms with E-state index in [1.54, 1.807) is 62.4 Å². The van der Waals surface area contributed by atoms with Crippen LogP contribution in [0.3, 0.4) is 0 Å². The van der Waals surface area contributed by atoms with E-state index in [4.69, 9.17) is 39.3 Å². The molecule has 0 amide bonds. The highest BCUT2D eigenvalue weighted by Crippen LogP contribution is 2.50. The van der Waals surface area contributed by atoms with Crippen molar-refractivity contribution in [3.63, 3.8) is 0 Å². The van der Waals surface area contributed by atoms with E-state index in [1.165, 1.54) is 4.90 Å². The molecule has 0 saturated carbocycles. The minimum Gasteiger partial charge on any atom is -0.748 e. The topological polar surface area (TPSA) is 382 Å². The summed E-state index contributed by atoms with van der Waals surface area (Å²) >= 11 is 0. The molecule has 2 aromatic rings. The van der Waals surface area contributed by atoms with Crippen LogP contribution in [0.4, 0.5) is 11.4 Å². The molecule has 4 rings (SSSR count). The molecule has 0 spiro atoms. The lowest BCUT2D eigenvalue weighted by Crippen LogP contribution is -2.29. The quantitative estimate of drug-likeness (QED) is 0.0563. The summed E-state index contributed by atoms with van der Waals surface area (Å²) in [6.45, 7) is 8.77. The average Bonchev–Trinajstić information content (AvgIpc) is 3.54. The van der Waals surface area contributed by atoms with Gasteiger partial charge in [0.25, 0.3) is 30.4 Å². The number of carbonyl (C=O) groups is 2. The van der Waals surface area contributed by atoms with E-state index in [0.29, 0.717) is 34.6 Å². The lowest BCUT2D eigenvalue weighted by molar-refractivity contribution is -0.437. The first-order valence-electron chi connectivity index (χ1n) is 20.1. The predicted octanol–water partition coefficient (Wildman–Crippen LogP) is 2.31. The molecule has 2 aliphatic heterocycles. The fourth-order valence-corrected chi connectivity index (χ4v) is 9.55. The van der Waals surface area contributed by atoms with Gasteiger partial charge in [0.05, 0.1) is 61.8 Å². The Balaban J connectivity index is 0.00000189. The minimum absolute atomic E-state index is 0.00636. The Morgan fingerprint density at radius 3 is 1.81 bits per heavy atom. The van der Waals surface area contributed by atoms with Gasteiger partial charge in [0, 0.05) is 53.2 Å². The molecular weight excluding hydrogens is 1040 g/mol. The van der Waals surface area contributed by atoms with Crippen LogP contribution < -0.4 is 4.90 Å². The number of rotatable bonds is 20. The van der Waals surface area contributed by atoms with Crippen LogP contribution in [0.1, 0.15) is 92.1 Å². The van der Waals surface area contributed by atoms with E-state index in [2.05, 4.69) is 0 Å². The maximum Gasteiger partial charge on any atom is 0.425 e. The van der Waals surface area contributed by atoms with Crippen LogP contribution >= 0.6 is 0 Å². The van der Waals surface area contributed by atoms with Crippen LogP contribution in [0.15, 0.2) is 71.3 Å². The van der Waals surface area contributed by atoms with Crippen molar-refractivity contribution in [1.29, 1.82) is 0 Å². The minimum atomic E-state index is -4.94. The number of hydrogen-bond acceptors (Lipinski definition) is 20. The maximum atomic E-state index is 13.5. The third-order valence-electron chi connectivity index (χ3n) is 10.1. The van der Waals surface area contributed by atoms with Crippen molar-refractivity contribution in [3.05, 3.63) is 88.7 Å². The van der Waals surface area contributed by atoms with Crippen LogP contribution in [-0.2, 0) is 82.0 Å². The van der Waals surface area contributed by atoms with Crippen molar-refractivity contribution >= 4 is 90.7 Å². The lowest BCUT2D eigenvalue weighted by atomic mass is 9.79. The van der Waals surface area contributed by atoms with E-state index in [1.807, 2.05) is 25.3 Å². The van der Waals surface area contributed by atoms with Gasteiger partial charge in [0.2, 0.25) is 5.69 Å². The largest absolute Gasteiger partial charge is 0.748 e. The van der Waals surface area contributed by atoms with Crippen molar-refractivity contribution in [2.75, 3.05) is 48.5 Å². The molecule has 2 aliphatic rings. The van der Waals surface area contributed by atoms with Gasteiger partial charge in [-0.2, -0.15) is 29.8 Å². The normalized spacial score (nSPS) is 15.8. The fourth-order valence-electron chi connectivity index (χ4n) is 7.56. The van der Waals surface area contributed by atoms with E-state index < -0.39 is 113 Å². The summed E-state index contributed by atoms with van der Waals surface area (Å²) in [6, 6.07) is 7.13. The van der Waals surface area contributed by atoms with E-state index in [-0.39, 0.29) is 55.8 Å². The highest BCUT2D eigenvalue weighted by atomic mass is 32.2. The van der Waals surface area contributed by atoms with Gasteiger partial charge in [-0.15, -0.1) is 25.3 Å². The summed E-state index contributed by atoms with van der Waals surface area (Å²) < 4.78 is 197. The number of ether oxygens (including phenoxy) is 2. The first-order valence-corrected chi connectivity index (χ1v) is 28.3. The van der Waals surface area contributed by atoms with Gasteiger partial charge < -0.3 is 18.9 Å². The first kappa shape index (κ1) is 60.1. The Hall–Kier alpha value is -5.05. The zero-order chi connectivity index (χ0) is 52.9. The summed E-state index contributed by atoms with van der Waals surface area (Å²) in [5.74, 6) is -3.59. The van der Waals surface area contributed by atoms with Crippen LogP contribution in [0, 0.1) is 0 Å². The Bertz CT molecular complexity index is 3060. The summed E-state index contributed by atoms with van der Waals surface area (Å²) in [7, 11) is -24.5. The van der Waals surface area contributed by atoms with Crippen molar-refractivity contribution < 1.29 is 101 Å². The molecule has 0 atom stereocenters. The third kappa shape index (κ3) is 18.3. The maximum absolute atomic E-state index is 13.5. The predicted molar refractivity (Wildman–Crippen MR) is 244 cm³/mol. The number of allylic oxidation sites excluding steroid dienone is 6. The fraction of sp³-hybridized carbons (Fsp3) is 0.462. The molecule has 0 aliphatic carbocycles. The third-order valence-corrected chi connectivity index (χ3v) is 13.3. The molecule has 0 radical (unpaired) electrons. The number of anilines is 1. The van der Waals surface area contributed by atoms with Gasteiger partial charge in [-0.25, -0.2) is 18.0 Å². The average molecular weight is 1090 g/mol. The molecule has 0 fully saturated rings. The lowest BCUT2D eigenvalue weighted by Gasteiger charge is -2.27. The van der Waals surface area contributed by atoms with Gasteiger partial charge in [0.1, 0.15) is 6.54 Å². The number of nitrogens with zero attached hydrogens (tertiary/aromatic N) is 2. The Morgan fingerprint density at radius 1 is 0.725 bits per heavy atom. The standard InChI is InChI=1S/C39H50N2O16S4.2O3S/c1-6-20-56-36(42)28-14-10-15-30-34(28)38(2,3)32(40(30)18-11-22-58(44,45)46)16-8-7-9-17-33-39(4,5)35-29(37(43)57-21-13-24-60(50,51)52)25-27(61(53,54)55)26-31(35)41(33)19-12-23-59(47,48)49;2*1-4(2)3/h7-10,14-17,25-26H,6,11-13,18-24H2,1-5H3,(H3-,44,45,46,47,48,49,50,51,52,53,54,55);;. The highest BCUT2D eigenvalue weighted by Gasteiger charge is 2.47. The van der Waals surface area contributed by atoms with E-state index in [9.17, 15) is 56.9 Å². The molecular formula is C39H50N2O22S6. The summed E-state index contributed by atoms with van der Waals surface area (Å²) in [5, 5.41) is 0. The Morgan fingerprint density at radius 2 is 1.28 bits per heavy atom. The SMILES string of the molecule is CCCOC(=O)c1cccc2c1C(C)(C)C(/C=C/C=C/C=C1/N(CCCS(=O)(=O)O)c3cc(S(=O)(=O)O)cc(C(=O)OCCCS(=O)(=O)O)c3C1(C)C)=[N+]2CCCS(=O)(=O)[O-].O=S(=O)=O.O=S(=O)=O. The number of hydrogen-bond donors (Lipinski definition) is 3. The molecule has 0 bridgehead atoms. The molecule has 24 nitrogen and oxygen atoms in total. The van der Waals surface area contributed by atoms with Gasteiger partial charge >= 0.3 is 33.2 Å². The summed E-state index contributed by atoms with van der Waals surface area (Å²) in [6.07, 6.45) is 8.47. The van der Waals surface area contributed by atoms with Gasteiger partial charge in [-0.1, -0.05) is 45.1 Å². The molecule has 2 heterocycles. The second kappa shape index (κ2) is 24.7. The molecule has 0 saturated heterocycles. The van der Waals surface area contributed by atoms with Crippen molar-refractivity contribution in [3.8, 4) is 0 Å². The summed E-state index contributed by atoms with van der Waals surface area (Å²) in [4.78, 5) is 27.5. The Kier molecular flexibility index (Phi) is 21.5. The van der Waals surface area contributed by atoms with E-state index in [0.717, 1.165) is 12.1 Å². The smallest absolute Gasteiger partial charge is 0.425 e. The monoisotopic (exact) mass is 1090 g/mol. The zero-order valence-corrected chi connectivity index (χ0v) is 42.4. The van der Waals surface area contributed by atoms with Crippen molar-refractivity contribution in [2.45, 2.75) is 76.0 Å². The molecule has 384 valence electrons. The number of benzene rings is 2. The van der Waals surface area contributed by atoms with E-state index >= 15 is 0 Å². The molecule has 30 heteroatoms. The molecule has 0 unspecified atom stereocenters. The molecule has 0 aromatic heterocycles. The van der Waals surface area contributed by atoms with Crippen molar-refractivity contribution in [2.24, 2.45) is 0 Å². The van der Waals surface area contributed by atoms with Gasteiger partial charge in [-0.05, 0) is 57.4 Å². The van der Waals surface area contributed by atoms with Gasteiger partial charge in [0.15, 0.2) is 5.71 Å². The second-order valence-electron chi connectivity index (χ2n) is 15.8. The van der Waals surface area contributed by atoms with Crippen LogP contribution in [0.2, 0.25) is 0 Å². The van der Waals surface area contributed by atoms with Gasteiger partial charge in [-0.3, -0.25) is 13.7 Å². The van der Waals surface area contributed by atoms with Crippen LogP contribution in [0.5, 0.6) is 0 Å². The van der Waals surface area contributed by atoms with Crippen LogP contribution in [0.25, 0.3) is 0 Å². The number of fused-ring (bicyclic) bond motifs is 2. The number of esters is 2. The zero-order valence-electron chi connectivity index (χ0n) is 37.5. The number of carbonyl (C=O) groups excluding carboxylic acids is 2. The summed E-state index contributed by atoms with van der Waals surface area (Å²) in [5.41, 5.74) is 0.761. The highest BCUT2D eigenvalue weighted by molar-refractivity contribution is 7.86. The van der Waals surface area contributed by atoms with Crippen LogP contribution in [-0.4, -0.2) is 143 Å². The molecule has 3 N–H and O–H groups in total.